The van der Waals surface area contributed by atoms with Crippen molar-refractivity contribution in [2.24, 2.45) is 0 Å². The average Bonchev–Trinajstić information content (AvgIpc) is 3.34. The monoisotopic (exact) mass is 507 g/mol. The second kappa shape index (κ2) is 7.02. The third-order valence-corrected chi connectivity index (χ3v) is 33.5. The van der Waals surface area contributed by atoms with Crippen LogP contribution in [0.25, 0.3) is 12.2 Å². The van der Waals surface area contributed by atoms with Gasteiger partial charge in [0.1, 0.15) is 0 Å². The molecular formula is C27H30ClSiZr. The summed E-state index contributed by atoms with van der Waals surface area (Å²) >= 11 is -4.06. The SMILES string of the molecule is Cl.[CH3][Zr]([CH3])(=[SiH2])([CH2]c1ccccc1)([CH]1C=Cc2ccccc21)[CH]1C=Cc2ccccc21. The van der Waals surface area contributed by atoms with E-state index >= 15 is 0 Å². The van der Waals surface area contributed by atoms with Crippen LogP contribution in [0.15, 0.2) is 91.0 Å². The molecule has 0 nitrogen and oxygen atoms in total. The summed E-state index contributed by atoms with van der Waals surface area (Å²) in [5.41, 5.74) is 7.39. The molecule has 153 valence electrons. The molecule has 3 aromatic carbocycles. The van der Waals surface area contributed by atoms with Crippen molar-refractivity contribution < 1.29 is 15.9 Å². The third kappa shape index (κ3) is 3.20. The van der Waals surface area contributed by atoms with Crippen LogP contribution in [0.4, 0.5) is 0 Å². The van der Waals surface area contributed by atoms with Gasteiger partial charge in [0.2, 0.25) is 0 Å². The molecule has 2 atom stereocenters. The van der Waals surface area contributed by atoms with Crippen LogP contribution in [0, 0.1) is 0 Å². The molecule has 0 heterocycles. The second-order valence-electron chi connectivity index (χ2n) is 10.9. The topological polar surface area (TPSA) is 0 Å². The van der Waals surface area contributed by atoms with E-state index in [1.165, 1.54) is 20.8 Å². The van der Waals surface area contributed by atoms with Crippen molar-refractivity contribution in [1.82, 2.24) is 0 Å². The molecule has 0 saturated carbocycles. The fourth-order valence-corrected chi connectivity index (χ4v) is 30.4. The van der Waals surface area contributed by atoms with Gasteiger partial charge in [-0.25, -0.2) is 0 Å². The van der Waals surface area contributed by atoms with Gasteiger partial charge in [0, 0.05) is 0 Å². The molecule has 0 amide bonds. The van der Waals surface area contributed by atoms with Gasteiger partial charge in [-0.3, -0.25) is 0 Å². The Kier molecular flexibility index (Phi) is 5.09. The first kappa shape index (κ1) is 21.8. The van der Waals surface area contributed by atoms with Gasteiger partial charge in [-0.2, -0.15) is 0 Å². The maximum absolute atomic E-state index is 4.06. The molecular weight excluding hydrogens is 479 g/mol. The second-order valence-corrected chi connectivity index (χ2v) is 52.1. The van der Waals surface area contributed by atoms with E-state index < -0.39 is 15.9 Å². The van der Waals surface area contributed by atoms with E-state index in [-0.39, 0.29) is 12.4 Å². The Morgan fingerprint density at radius 2 is 1.10 bits per heavy atom. The van der Waals surface area contributed by atoms with Crippen molar-refractivity contribution in [3.8, 4) is 0 Å². The van der Waals surface area contributed by atoms with Crippen LogP contribution in [-0.2, 0) is 20.0 Å². The molecule has 0 aliphatic heterocycles. The van der Waals surface area contributed by atoms with Gasteiger partial charge in [-0.05, 0) is 0 Å². The number of benzene rings is 3. The molecule has 0 spiro atoms. The average molecular weight is 509 g/mol. The summed E-state index contributed by atoms with van der Waals surface area (Å²) in [6.45, 7) is 2.43. The van der Waals surface area contributed by atoms with Crippen LogP contribution in [0.5, 0.6) is 0 Å². The fourth-order valence-electron chi connectivity index (χ4n) is 6.31. The molecule has 0 aromatic heterocycles. The number of halogens is 1. The summed E-state index contributed by atoms with van der Waals surface area (Å²) in [5, 5.41) is 0. The molecule has 3 aromatic rings. The number of fused-ring (bicyclic) bond motifs is 2. The summed E-state index contributed by atoms with van der Waals surface area (Å²) in [6.07, 6.45) is 9.85. The van der Waals surface area contributed by atoms with E-state index in [4.69, 9.17) is 0 Å². The van der Waals surface area contributed by atoms with Gasteiger partial charge in [-0.15, -0.1) is 12.4 Å². The standard InChI is InChI=1S/2C9H7.C7H7.2CH3.ClH.H2Si.Zr/c2*1-2-5-9-7-3-6-8(9)4-1;1-7-5-3-2-4-6-7;;;;;/h2*1-7H;2-6H,1H2;2*1H3;1H;1H2;. The first-order chi connectivity index (χ1) is 13.8. The van der Waals surface area contributed by atoms with Crippen LogP contribution >= 0.6 is 12.4 Å². The number of hydrogen-bond acceptors (Lipinski definition) is 0. The molecule has 30 heavy (non-hydrogen) atoms. The Hall–Kier alpha value is -1.47. The molecule has 5 rings (SSSR count). The molecule has 2 aliphatic carbocycles. The summed E-state index contributed by atoms with van der Waals surface area (Å²) in [6, 6.07) is 29.3. The van der Waals surface area contributed by atoms with Crippen molar-refractivity contribution in [2.75, 3.05) is 0 Å². The molecule has 3 heteroatoms. The van der Waals surface area contributed by atoms with Gasteiger partial charge in [0.25, 0.3) is 0 Å². The molecule has 0 saturated heterocycles. The summed E-state index contributed by atoms with van der Waals surface area (Å²) in [5.74, 6) is 0. The van der Waals surface area contributed by atoms with Gasteiger partial charge in [0.05, 0.1) is 0 Å². The predicted octanol–water partition coefficient (Wildman–Crippen LogP) is 7.01. The number of hydrogen-bond donors (Lipinski definition) is 0. The summed E-state index contributed by atoms with van der Waals surface area (Å²) < 4.78 is 7.72. The van der Waals surface area contributed by atoms with E-state index in [1.54, 1.807) is 11.1 Å². The fraction of sp³-hybridized carbons (Fsp3) is 0.185. The van der Waals surface area contributed by atoms with E-state index in [0.29, 0.717) is 7.25 Å². The molecule has 0 fully saturated rings. The predicted molar refractivity (Wildman–Crippen MR) is 134 cm³/mol. The summed E-state index contributed by atoms with van der Waals surface area (Å²) in [4.78, 5) is 0. The molecule has 0 N–H and O–H groups in total. The molecule has 2 aliphatic rings. The first-order valence-electron chi connectivity index (χ1n) is 10.7. The van der Waals surface area contributed by atoms with Crippen LogP contribution < -0.4 is 0 Å². The van der Waals surface area contributed by atoms with Crippen molar-refractivity contribution >= 4 is 31.4 Å². The maximum atomic E-state index is 2.74. The van der Waals surface area contributed by atoms with E-state index in [9.17, 15) is 0 Å². The Labute approximate surface area is 185 Å². The van der Waals surface area contributed by atoms with Gasteiger partial charge >= 0.3 is 174 Å². The normalized spacial score (nSPS) is 21.3. The zero-order valence-electron chi connectivity index (χ0n) is 17.8. The van der Waals surface area contributed by atoms with E-state index in [0.717, 1.165) is 0 Å². The Morgan fingerprint density at radius 1 is 0.667 bits per heavy atom. The third-order valence-electron chi connectivity index (χ3n) is 7.81. The van der Waals surface area contributed by atoms with Crippen molar-refractivity contribution in [3.05, 3.63) is 119 Å². The van der Waals surface area contributed by atoms with Gasteiger partial charge in [-0.1, -0.05) is 0 Å². The quantitative estimate of drug-likeness (QED) is 0.332. The Bertz CT molecular complexity index is 1190. The number of allylic oxidation sites excluding steroid dienone is 2. The zero-order chi connectivity index (χ0) is 20.2. The van der Waals surface area contributed by atoms with Crippen molar-refractivity contribution in [3.63, 3.8) is 0 Å². The Balaban J connectivity index is 0.00000218. The Morgan fingerprint density at radius 3 is 1.60 bits per heavy atom. The zero-order valence-corrected chi connectivity index (χ0v) is 22.5. The van der Waals surface area contributed by atoms with Crippen LogP contribution in [0.3, 0.4) is 0 Å². The molecule has 2 unspecified atom stereocenters. The molecule has 0 radical (unpaired) electrons. The van der Waals surface area contributed by atoms with Crippen molar-refractivity contribution in [1.29, 1.82) is 0 Å². The van der Waals surface area contributed by atoms with E-state index in [1.807, 2.05) is 0 Å². The van der Waals surface area contributed by atoms with Crippen LogP contribution in [0.2, 0.25) is 9.26 Å². The van der Waals surface area contributed by atoms with E-state index in [2.05, 4.69) is 119 Å². The minimum atomic E-state index is -4.06. The van der Waals surface area contributed by atoms with Crippen LogP contribution in [0.1, 0.15) is 35.1 Å². The van der Waals surface area contributed by atoms with Crippen LogP contribution in [-0.4, -0.2) is 6.88 Å². The first-order valence-corrected chi connectivity index (χ1v) is 26.1. The van der Waals surface area contributed by atoms with Gasteiger partial charge in [0.15, 0.2) is 0 Å². The molecule has 0 bridgehead atoms. The summed E-state index contributed by atoms with van der Waals surface area (Å²) in [7, 11) is 0. The minimum absolute atomic E-state index is 0. The number of rotatable bonds is 4. The van der Waals surface area contributed by atoms with Crippen molar-refractivity contribution in [2.45, 2.75) is 20.6 Å². The van der Waals surface area contributed by atoms with Gasteiger partial charge < -0.3 is 0 Å².